The molecule has 0 saturated carbocycles. The quantitative estimate of drug-likeness (QED) is 0.631. The van der Waals surface area contributed by atoms with Crippen LogP contribution in [-0.4, -0.2) is 70.0 Å². The second-order valence-electron chi connectivity index (χ2n) is 7.81. The van der Waals surface area contributed by atoms with E-state index in [1.807, 2.05) is 32.2 Å². The Hall–Kier alpha value is -3.59. The third-order valence-corrected chi connectivity index (χ3v) is 5.65. The summed E-state index contributed by atoms with van der Waals surface area (Å²) in [5.74, 6) is 0.0589. The van der Waals surface area contributed by atoms with Gasteiger partial charge in [-0.3, -0.25) is 9.78 Å². The van der Waals surface area contributed by atoms with Crippen molar-refractivity contribution in [1.29, 1.82) is 0 Å². The summed E-state index contributed by atoms with van der Waals surface area (Å²) in [6.45, 7) is 4.57. The van der Waals surface area contributed by atoms with Crippen molar-refractivity contribution in [3.63, 3.8) is 0 Å². The number of hydrogen-bond acceptors (Lipinski definition) is 7. The topological polar surface area (TPSA) is 91.8 Å². The Bertz CT molecular complexity index is 1170. The fraction of sp³-hybridized carbons (Fsp3) is 0.318. The first-order valence-electron chi connectivity index (χ1n) is 10.2. The number of ether oxygens (including phenoxy) is 1. The molecule has 5 heterocycles. The number of nitrogens with zero attached hydrogens (tertiary/aromatic N) is 6. The van der Waals surface area contributed by atoms with Gasteiger partial charge in [-0.25, -0.2) is 19.7 Å². The summed E-state index contributed by atoms with van der Waals surface area (Å²) in [6.07, 6.45) is 0.139. The number of likely N-dealkylation sites (N-methyl/N-ethyl adjacent to an activating group) is 1. The Morgan fingerprint density at radius 1 is 1.06 bits per heavy atom. The molecule has 31 heavy (non-hydrogen) atoms. The SMILES string of the molecule is Cc1ccc2ccc(N3C(=O)c4cccnc4C3OC(=O)N3CCN(C)CC3)nc2n1. The molecule has 2 aliphatic rings. The molecule has 0 N–H and O–H groups in total. The minimum atomic E-state index is -0.981. The number of piperazine rings is 1. The normalized spacial score (nSPS) is 19.0. The van der Waals surface area contributed by atoms with Crippen LogP contribution in [0.2, 0.25) is 0 Å². The second-order valence-corrected chi connectivity index (χ2v) is 7.81. The summed E-state index contributed by atoms with van der Waals surface area (Å²) in [5, 5.41) is 0.864. The molecule has 1 unspecified atom stereocenters. The van der Waals surface area contributed by atoms with Crippen molar-refractivity contribution in [3.05, 3.63) is 59.5 Å². The Kier molecular flexibility index (Phi) is 4.74. The number of aryl methyl sites for hydroxylation is 1. The van der Waals surface area contributed by atoms with Crippen molar-refractivity contribution in [2.75, 3.05) is 38.1 Å². The number of aromatic nitrogens is 3. The van der Waals surface area contributed by atoms with Crippen LogP contribution in [0.1, 0.15) is 28.0 Å². The molecule has 158 valence electrons. The Morgan fingerprint density at radius 2 is 1.84 bits per heavy atom. The van der Waals surface area contributed by atoms with Crippen LogP contribution in [0, 0.1) is 6.92 Å². The van der Waals surface area contributed by atoms with Crippen LogP contribution in [0.15, 0.2) is 42.6 Å². The molecular formula is C22H22N6O3. The highest BCUT2D eigenvalue weighted by Crippen LogP contribution is 2.37. The van der Waals surface area contributed by atoms with Crippen molar-refractivity contribution in [3.8, 4) is 0 Å². The van der Waals surface area contributed by atoms with E-state index in [4.69, 9.17) is 4.74 Å². The van der Waals surface area contributed by atoms with E-state index >= 15 is 0 Å². The molecule has 2 amide bonds. The number of amides is 2. The van der Waals surface area contributed by atoms with E-state index in [-0.39, 0.29) is 5.91 Å². The van der Waals surface area contributed by atoms with Crippen LogP contribution in [0.5, 0.6) is 0 Å². The standard InChI is InChI=1S/C22H22N6O3/c1-14-5-6-15-7-8-17(25-19(15)24-14)28-20(29)16-4-3-9-23-18(16)21(28)31-22(30)27-12-10-26(2)11-13-27/h3-9,21H,10-13H2,1-2H3. The Morgan fingerprint density at radius 3 is 2.65 bits per heavy atom. The van der Waals surface area contributed by atoms with Gasteiger partial charge in [-0.2, -0.15) is 0 Å². The van der Waals surface area contributed by atoms with E-state index in [1.54, 1.807) is 29.3 Å². The minimum absolute atomic E-state index is 0.307. The van der Waals surface area contributed by atoms with E-state index in [0.717, 1.165) is 24.2 Å². The van der Waals surface area contributed by atoms with Gasteiger partial charge in [0, 0.05) is 43.5 Å². The zero-order chi connectivity index (χ0) is 21.5. The van der Waals surface area contributed by atoms with Crippen LogP contribution in [0.4, 0.5) is 10.6 Å². The number of fused-ring (bicyclic) bond motifs is 2. The molecule has 0 spiro atoms. The maximum absolute atomic E-state index is 13.2. The van der Waals surface area contributed by atoms with Gasteiger partial charge in [-0.05, 0) is 50.4 Å². The van der Waals surface area contributed by atoms with Crippen LogP contribution in [0.25, 0.3) is 11.0 Å². The molecule has 2 aliphatic heterocycles. The van der Waals surface area contributed by atoms with Gasteiger partial charge in [0.2, 0.25) is 6.23 Å². The maximum Gasteiger partial charge on any atom is 0.412 e. The summed E-state index contributed by atoms with van der Waals surface area (Å²) in [4.78, 5) is 44.7. The molecule has 1 fully saturated rings. The molecule has 3 aromatic rings. The number of rotatable bonds is 2. The summed E-state index contributed by atoms with van der Waals surface area (Å²) in [6, 6.07) is 10.8. The highest BCUT2D eigenvalue weighted by Gasteiger charge is 2.43. The Balaban J connectivity index is 1.51. The zero-order valence-corrected chi connectivity index (χ0v) is 17.4. The van der Waals surface area contributed by atoms with Gasteiger partial charge in [-0.1, -0.05) is 0 Å². The average Bonchev–Trinajstić information content (AvgIpc) is 3.05. The minimum Gasteiger partial charge on any atom is -0.419 e. The second kappa shape index (κ2) is 7.59. The van der Waals surface area contributed by atoms with Crippen LogP contribution in [0.3, 0.4) is 0 Å². The third kappa shape index (κ3) is 3.46. The number of pyridine rings is 3. The molecule has 0 aromatic carbocycles. The van der Waals surface area contributed by atoms with E-state index in [1.165, 1.54) is 4.90 Å². The lowest BCUT2D eigenvalue weighted by molar-refractivity contribution is 0.0477. The lowest BCUT2D eigenvalue weighted by Crippen LogP contribution is -2.48. The average molecular weight is 418 g/mol. The van der Waals surface area contributed by atoms with Gasteiger partial charge in [0.25, 0.3) is 5.91 Å². The molecule has 0 radical (unpaired) electrons. The van der Waals surface area contributed by atoms with Gasteiger partial charge >= 0.3 is 6.09 Å². The highest BCUT2D eigenvalue weighted by atomic mass is 16.6. The molecule has 5 rings (SSSR count). The monoisotopic (exact) mass is 418 g/mol. The predicted octanol–water partition coefficient (Wildman–Crippen LogP) is 2.38. The molecule has 3 aromatic heterocycles. The van der Waals surface area contributed by atoms with Crippen molar-refractivity contribution >= 4 is 28.9 Å². The van der Waals surface area contributed by atoms with E-state index in [2.05, 4.69) is 19.9 Å². The largest absolute Gasteiger partial charge is 0.419 e. The highest BCUT2D eigenvalue weighted by molar-refractivity contribution is 6.10. The van der Waals surface area contributed by atoms with Gasteiger partial charge < -0.3 is 14.5 Å². The van der Waals surface area contributed by atoms with E-state index in [9.17, 15) is 9.59 Å². The zero-order valence-electron chi connectivity index (χ0n) is 17.4. The molecule has 9 heteroatoms. The summed E-state index contributed by atoms with van der Waals surface area (Å²) >= 11 is 0. The van der Waals surface area contributed by atoms with Crippen molar-refractivity contribution in [2.45, 2.75) is 13.2 Å². The number of hydrogen-bond donors (Lipinski definition) is 0. The summed E-state index contributed by atoms with van der Waals surface area (Å²) < 4.78 is 5.84. The molecule has 0 bridgehead atoms. The third-order valence-electron chi connectivity index (χ3n) is 5.65. The fourth-order valence-electron chi connectivity index (χ4n) is 3.86. The van der Waals surface area contributed by atoms with Gasteiger partial charge in [0.05, 0.1) is 5.56 Å². The van der Waals surface area contributed by atoms with Gasteiger partial charge in [0.15, 0.2) is 5.65 Å². The van der Waals surface area contributed by atoms with E-state index < -0.39 is 12.3 Å². The molecule has 0 aliphatic carbocycles. The number of anilines is 1. The predicted molar refractivity (Wildman–Crippen MR) is 114 cm³/mol. The Labute approximate surface area is 179 Å². The first kappa shape index (κ1) is 19.4. The first-order valence-corrected chi connectivity index (χ1v) is 10.2. The molecule has 1 saturated heterocycles. The lowest BCUT2D eigenvalue weighted by Gasteiger charge is -2.33. The number of carbonyl (C=O) groups is 2. The van der Waals surface area contributed by atoms with Gasteiger partial charge in [-0.15, -0.1) is 0 Å². The summed E-state index contributed by atoms with van der Waals surface area (Å²) in [7, 11) is 2.02. The van der Waals surface area contributed by atoms with Crippen LogP contribution in [-0.2, 0) is 4.74 Å². The fourth-order valence-corrected chi connectivity index (χ4v) is 3.86. The number of carbonyl (C=O) groups excluding carboxylic acids is 2. The molecule has 9 nitrogen and oxygen atoms in total. The summed E-state index contributed by atoms with van der Waals surface area (Å²) in [5.41, 5.74) is 2.16. The van der Waals surface area contributed by atoms with Crippen LogP contribution < -0.4 is 4.90 Å². The first-order chi connectivity index (χ1) is 15.0. The van der Waals surface area contributed by atoms with Crippen LogP contribution >= 0.6 is 0 Å². The maximum atomic E-state index is 13.2. The lowest BCUT2D eigenvalue weighted by atomic mass is 10.2. The van der Waals surface area contributed by atoms with E-state index in [0.29, 0.717) is 35.8 Å². The van der Waals surface area contributed by atoms with Gasteiger partial charge in [0.1, 0.15) is 11.5 Å². The van der Waals surface area contributed by atoms with Crippen molar-refractivity contribution in [2.24, 2.45) is 0 Å². The van der Waals surface area contributed by atoms with Crippen molar-refractivity contribution in [1.82, 2.24) is 24.8 Å². The molecular weight excluding hydrogens is 396 g/mol. The molecule has 1 atom stereocenters. The smallest absolute Gasteiger partial charge is 0.412 e. The van der Waals surface area contributed by atoms with Crippen molar-refractivity contribution < 1.29 is 14.3 Å².